The molecule has 7 nitrogen and oxygen atoms in total. The predicted octanol–water partition coefficient (Wildman–Crippen LogP) is 3.34. The van der Waals surface area contributed by atoms with Crippen LogP contribution in [0.2, 0.25) is 0 Å². The minimum atomic E-state index is -5.05. The number of nitrogens with one attached hydrogen (secondary N) is 2. The van der Waals surface area contributed by atoms with Crippen molar-refractivity contribution in [1.29, 1.82) is 0 Å². The van der Waals surface area contributed by atoms with Crippen molar-refractivity contribution in [2.45, 2.75) is 30.2 Å². The SMILES string of the molecule is C[C@@H](NS(=O)(=O)c1ccc(C(F)(F)F)cc1)c1nc(C(F)(F)F)c(C(=O)NO)s1. The van der Waals surface area contributed by atoms with Crippen LogP contribution in [0.15, 0.2) is 29.2 Å². The number of nitrogens with zero attached hydrogens (tertiary/aromatic N) is 1. The molecule has 29 heavy (non-hydrogen) atoms. The summed E-state index contributed by atoms with van der Waals surface area (Å²) < 4.78 is 103. The molecule has 0 radical (unpaired) electrons. The minimum Gasteiger partial charge on any atom is -0.288 e. The van der Waals surface area contributed by atoms with Gasteiger partial charge in [-0.3, -0.25) is 10.0 Å². The molecular weight excluding hydrogens is 452 g/mol. The van der Waals surface area contributed by atoms with Crippen LogP contribution in [-0.4, -0.2) is 24.5 Å². The zero-order chi connectivity index (χ0) is 22.2. The summed E-state index contributed by atoms with van der Waals surface area (Å²) in [4.78, 5) is 13.1. The van der Waals surface area contributed by atoms with Gasteiger partial charge in [-0.1, -0.05) is 0 Å². The first-order valence-corrected chi connectivity index (χ1v) is 9.68. The number of thiazole rings is 1. The Morgan fingerprint density at radius 2 is 1.66 bits per heavy atom. The van der Waals surface area contributed by atoms with Gasteiger partial charge in [-0.05, 0) is 31.2 Å². The highest BCUT2D eigenvalue weighted by Crippen LogP contribution is 2.36. The second kappa shape index (κ2) is 7.89. The zero-order valence-electron chi connectivity index (χ0n) is 14.1. The van der Waals surface area contributed by atoms with Gasteiger partial charge >= 0.3 is 12.4 Å². The second-order valence-electron chi connectivity index (χ2n) is 5.53. The van der Waals surface area contributed by atoms with Crippen LogP contribution in [0.1, 0.15) is 38.9 Å². The van der Waals surface area contributed by atoms with Crippen molar-refractivity contribution in [3.63, 3.8) is 0 Å². The highest BCUT2D eigenvalue weighted by atomic mass is 32.2. The van der Waals surface area contributed by atoms with Gasteiger partial charge in [-0.15, -0.1) is 11.3 Å². The summed E-state index contributed by atoms with van der Waals surface area (Å²) >= 11 is 0.190. The fourth-order valence-corrected chi connectivity index (χ4v) is 4.35. The monoisotopic (exact) mass is 463 g/mol. The van der Waals surface area contributed by atoms with E-state index in [1.54, 1.807) is 0 Å². The van der Waals surface area contributed by atoms with E-state index < -0.39 is 60.4 Å². The molecule has 0 aliphatic heterocycles. The van der Waals surface area contributed by atoms with E-state index in [2.05, 4.69) is 4.98 Å². The number of hydrogen-bond donors (Lipinski definition) is 3. The van der Waals surface area contributed by atoms with E-state index in [4.69, 9.17) is 5.21 Å². The maximum Gasteiger partial charge on any atom is 0.435 e. The molecule has 0 saturated heterocycles. The van der Waals surface area contributed by atoms with Crippen molar-refractivity contribution in [2.24, 2.45) is 0 Å². The van der Waals surface area contributed by atoms with Crippen LogP contribution >= 0.6 is 11.3 Å². The number of carbonyl (C=O) groups excluding carboxylic acids is 1. The Morgan fingerprint density at radius 1 is 1.10 bits per heavy atom. The van der Waals surface area contributed by atoms with Gasteiger partial charge in [0, 0.05) is 0 Å². The maximum absolute atomic E-state index is 13.0. The molecule has 0 spiro atoms. The number of benzene rings is 1. The molecular formula is C14H11F6N3O4S2. The Balaban J connectivity index is 2.32. The molecule has 1 atom stereocenters. The van der Waals surface area contributed by atoms with Crippen LogP contribution in [0.3, 0.4) is 0 Å². The summed E-state index contributed by atoms with van der Waals surface area (Å²) in [6.07, 6.45) is -9.73. The van der Waals surface area contributed by atoms with Crippen LogP contribution in [0.25, 0.3) is 0 Å². The molecule has 1 aromatic carbocycles. The summed E-state index contributed by atoms with van der Waals surface area (Å²) in [5.74, 6) is -1.49. The average Bonchev–Trinajstić information content (AvgIpc) is 3.06. The predicted molar refractivity (Wildman–Crippen MR) is 86.5 cm³/mol. The van der Waals surface area contributed by atoms with E-state index in [-0.39, 0.29) is 11.3 Å². The normalized spacial score (nSPS) is 13.9. The van der Waals surface area contributed by atoms with E-state index in [0.29, 0.717) is 24.3 Å². The molecule has 0 bridgehead atoms. The third kappa shape index (κ3) is 5.23. The molecule has 15 heteroatoms. The van der Waals surface area contributed by atoms with Crippen molar-refractivity contribution in [3.8, 4) is 0 Å². The van der Waals surface area contributed by atoms with Crippen LogP contribution in [0.4, 0.5) is 26.3 Å². The molecule has 1 amide bonds. The third-order valence-corrected chi connectivity index (χ3v) is 6.21. The lowest BCUT2D eigenvalue weighted by Crippen LogP contribution is -2.27. The number of aromatic nitrogens is 1. The summed E-state index contributed by atoms with van der Waals surface area (Å²) in [6, 6.07) is 1.08. The highest BCUT2D eigenvalue weighted by Gasteiger charge is 2.40. The molecule has 0 aliphatic carbocycles. The zero-order valence-corrected chi connectivity index (χ0v) is 15.7. The molecule has 160 valence electrons. The number of halogens is 6. The van der Waals surface area contributed by atoms with Crippen LogP contribution in [0, 0.1) is 0 Å². The van der Waals surface area contributed by atoms with Crippen molar-refractivity contribution < 1.29 is 44.8 Å². The summed E-state index contributed by atoms with van der Waals surface area (Å²) in [7, 11) is -4.42. The lowest BCUT2D eigenvalue weighted by atomic mass is 10.2. The Hall–Kier alpha value is -2.23. The molecule has 0 saturated carbocycles. The first-order chi connectivity index (χ1) is 13.2. The summed E-state index contributed by atoms with van der Waals surface area (Å²) in [6.45, 7) is 1.13. The van der Waals surface area contributed by atoms with Crippen LogP contribution < -0.4 is 10.2 Å². The van der Waals surface area contributed by atoms with Crippen molar-refractivity contribution in [2.75, 3.05) is 0 Å². The lowest BCUT2D eigenvalue weighted by Gasteiger charge is -2.13. The van der Waals surface area contributed by atoms with Crippen molar-refractivity contribution in [1.82, 2.24) is 15.2 Å². The highest BCUT2D eigenvalue weighted by molar-refractivity contribution is 7.89. The van der Waals surface area contributed by atoms with Gasteiger partial charge < -0.3 is 0 Å². The van der Waals surface area contributed by atoms with E-state index in [1.807, 2.05) is 4.72 Å². The first-order valence-electron chi connectivity index (χ1n) is 7.38. The van der Waals surface area contributed by atoms with E-state index >= 15 is 0 Å². The average molecular weight is 463 g/mol. The Labute approximate surface area is 163 Å². The topological polar surface area (TPSA) is 108 Å². The number of alkyl halides is 6. The number of sulfonamides is 1. The molecule has 2 rings (SSSR count). The third-order valence-electron chi connectivity index (χ3n) is 3.41. The van der Waals surface area contributed by atoms with Gasteiger partial charge in [0.1, 0.15) is 9.88 Å². The largest absolute Gasteiger partial charge is 0.435 e. The maximum atomic E-state index is 13.0. The van der Waals surface area contributed by atoms with Crippen LogP contribution in [-0.2, 0) is 22.4 Å². The number of hydrogen-bond acceptors (Lipinski definition) is 6. The van der Waals surface area contributed by atoms with Gasteiger partial charge in [0.2, 0.25) is 10.0 Å². The van der Waals surface area contributed by atoms with Gasteiger partial charge in [-0.25, -0.2) is 23.6 Å². The molecule has 0 aliphatic rings. The smallest absolute Gasteiger partial charge is 0.288 e. The molecule has 1 heterocycles. The number of rotatable bonds is 5. The van der Waals surface area contributed by atoms with Gasteiger partial charge in [0.25, 0.3) is 5.91 Å². The molecule has 0 unspecified atom stereocenters. The van der Waals surface area contributed by atoms with Crippen molar-refractivity contribution in [3.05, 3.63) is 45.4 Å². The minimum absolute atomic E-state index is 0.190. The Kier molecular flexibility index (Phi) is 6.27. The molecule has 2 aromatic rings. The molecule has 1 aromatic heterocycles. The molecule has 0 fully saturated rings. The summed E-state index contributed by atoms with van der Waals surface area (Å²) in [5.41, 5.74) is -1.67. The second-order valence-corrected chi connectivity index (χ2v) is 8.28. The fraction of sp³-hybridized carbons (Fsp3) is 0.286. The lowest BCUT2D eigenvalue weighted by molar-refractivity contribution is -0.141. The van der Waals surface area contributed by atoms with Crippen LogP contribution in [0.5, 0.6) is 0 Å². The number of carbonyl (C=O) groups is 1. The summed E-state index contributed by atoms with van der Waals surface area (Å²) in [5, 5.41) is 8.11. The fourth-order valence-electron chi connectivity index (χ4n) is 2.09. The quantitative estimate of drug-likeness (QED) is 0.358. The Morgan fingerprint density at radius 3 is 2.10 bits per heavy atom. The van der Waals surface area contributed by atoms with Gasteiger partial charge in [0.15, 0.2) is 5.69 Å². The van der Waals surface area contributed by atoms with E-state index in [0.717, 1.165) is 12.4 Å². The first kappa shape index (κ1) is 23.1. The Bertz CT molecular complexity index is 1000. The molecule has 3 N–H and O–H groups in total. The van der Waals surface area contributed by atoms with Crippen molar-refractivity contribution >= 4 is 27.3 Å². The number of hydroxylamine groups is 1. The van der Waals surface area contributed by atoms with Gasteiger partial charge in [0.05, 0.1) is 16.5 Å². The van der Waals surface area contributed by atoms with E-state index in [9.17, 15) is 39.6 Å². The van der Waals surface area contributed by atoms with Gasteiger partial charge in [-0.2, -0.15) is 26.3 Å². The van der Waals surface area contributed by atoms with E-state index in [1.165, 1.54) is 0 Å². The standard InChI is InChI=1S/C14H11F6N3O4S2/c1-6(12-21-10(14(18,19)20)9(28-12)11(24)22-25)23-29(26,27)8-4-2-7(3-5-8)13(15,16)17/h2-6,23,25H,1H3,(H,22,24)/t6-/m1/s1. The number of amides is 1.